The van der Waals surface area contributed by atoms with Crippen molar-refractivity contribution in [1.82, 2.24) is 4.72 Å². The molecule has 2 unspecified atom stereocenters. The summed E-state index contributed by atoms with van der Waals surface area (Å²) < 4.78 is 28.4. The van der Waals surface area contributed by atoms with Gasteiger partial charge in [0.25, 0.3) is 0 Å². The third-order valence-corrected chi connectivity index (χ3v) is 6.64. The molecule has 1 aliphatic rings. The Labute approximate surface area is 134 Å². The summed E-state index contributed by atoms with van der Waals surface area (Å²) in [7, 11) is -3.48. The van der Waals surface area contributed by atoms with Crippen LogP contribution >= 0.6 is 27.5 Å². The van der Waals surface area contributed by atoms with Gasteiger partial charge >= 0.3 is 0 Å². The predicted molar refractivity (Wildman–Crippen MR) is 85.5 cm³/mol. The van der Waals surface area contributed by atoms with Gasteiger partial charge in [-0.2, -0.15) is 0 Å². The highest BCUT2D eigenvalue weighted by Gasteiger charge is 2.28. The second-order valence-electron chi connectivity index (χ2n) is 5.26. The van der Waals surface area contributed by atoms with E-state index in [9.17, 15) is 8.42 Å². The first-order chi connectivity index (χ1) is 9.44. The van der Waals surface area contributed by atoms with Gasteiger partial charge in [0.15, 0.2) is 0 Å². The molecule has 1 aromatic carbocycles. The molecule has 0 bridgehead atoms. The van der Waals surface area contributed by atoms with Crippen molar-refractivity contribution in [2.75, 3.05) is 0 Å². The molecule has 0 spiro atoms. The third kappa shape index (κ3) is 3.75. The van der Waals surface area contributed by atoms with Crippen LogP contribution in [0.15, 0.2) is 27.6 Å². The van der Waals surface area contributed by atoms with Crippen molar-refractivity contribution in [2.45, 2.75) is 50.0 Å². The second kappa shape index (κ2) is 6.77. The molecule has 3 nitrogen and oxygen atoms in total. The van der Waals surface area contributed by atoms with Gasteiger partial charge in [0, 0.05) is 10.5 Å². The van der Waals surface area contributed by atoms with E-state index in [1.807, 2.05) is 0 Å². The Morgan fingerprint density at radius 3 is 2.70 bits per heavy atom. The number of hydrogen-bond acceptors (Lipinski definition) is 2. The van der Waals surface area contributed by atoms with Crippen LogP contribution in [0.25, 0.3) is 0 Å². The van der Waals surface area contributed by atoms with Gasteiger partial charge in [-0.15, -0.1) is 0 Å². The molecule has 2 atom stereocenters. The molecule has 1 N–H and O–H groups in total. The number of sulfonamides is 1. The molecule has 0 radical (unpaired) electrons. The predicted octanol–water partition coefficient (Wildman–Crippen LogP) is 4.35. The van der Waals surface area contributed by atoms with E-state index < -0.39 is 10.0 Å². The number of hydrogen-bond donors (Lipinski definition) is 1. The average Bonchev–Trinajstić information content (AvgIpc) is 2.42. The lowest BCUT2D eigenvalue weighted by atomic mass is 9.83. The maximum Gasteiger partial charge on any atom is 0.240 e. The van der Waals surface area contributed by atoms with E-state index in [2.05, 4.69) is 27.6 Å². The molecule has 1 aromatic rings. The van der Waals surface area contributed by atoms with Gasteiger partial charge in [-0.3, -0.25) is 0 Å². The van der Waals surface area contributed by atoms with E-state index >= 15 is 0 Å². The fourth-order valence-electron chi connectivity index (χ4n) is 2.76. The lowest BCUT2D eigenvalue weighted by molar-refractivity contribution is 0.282. The van der Waals surface area contributed by atoms with E-state index in [0.717, 1.165) is 25.7 Å². The summed E-state index contributed by atoms with van der Waals surface area (Å²) >= 11 is 9.17. The van der Waals surface area contributed by atoms with Crippen LogP contribution in [-0.4, -0.2) is 14.5 Å². The summed E-state index contributed by atoms with van der Waals surface area (Å²) in [6, 6.07) is 4.74. The number of halogens is 2. The van der Waals surface area contributed by atoms with Gasteiger partial charge in [0.05, 0.1) is 9.92 Å². The zero-order chi connectivity index (χ0) is 14.8. The Morgan fingerprint density at radius 2 is 2.05 bits per heavy atom. The maximum absolute atomic E-state index is 12.5. The lowest BCUT2D eigenvalue weighted by Gasteiger charge is -2.31. The van der Waals surface area contributed by atoms with Crippen molar-refractivity contribution in [3.05, 3.63) is 27.7 Å². The molecule has 0 saturated heterocycles. The summed E-state index contributed by atoms with van der Waals surface area (Å²) in [6.07, 6.45) is 5.33. The van der Waals surface area contributed by atoms with Crippen LogP contribution in [0.5, 0.6) is 0 Å². The zero-order valence-electron chi connectivity index (χ0n) is 11.4. The molecule has 0 heterocycles. The van der Waals surface area contributed by atoms with Crippen LogP contribution in [0, 0.1) is 5.92 Å². The first kappa shape index (κ1) is 16.3. The van der Waals surface area contributed by atoms with Crippen LogP contribution in [0.4, 0.5) is 0 Å². The minimum Gasteiger partial charge on any atom is -0.208 e. The van der Waals surface area contributed by atoms with Gasteiger partial charge in [-0.05, 0) is 52.9 Å². The van der Waals surface area contributed by atoms with E-state index in [-0.39, 0.29) is 10.9 Å². The molecule has 1 saturated carbocycles. The standard InChI is InChI=1S/C14H19BrClNO2S/c1-2-10-5-3-4-6-14(10)17-20(18,19)11-7-8-13(16)12(15)9-11/h7-10,14,17H,2-6H2,1H3. The third-order valence-electron chi connectivity index (χ3n) is 3.94. The van der Waals surface area contributed by atoms with Crippen LogP contribution in [-0.2, 0) is 10.0 Å². The Kier molecular flexibility index (Phi) is 5.51. The highest BCUT2D eigenvalue weighted by atomic mass is 79.9. The first-order valence-electron chi connectivity index (χ1n) is 6.91. The van der Waals surface area contributed by atoms with Crippen molar-refractivity contribution < 1.29 is 8.42 Å². The Morgan fingerprint density at radius 1 is 1.35 bits per heavy atom. The van der Waals surface area contributed by atoms with Crippen molar-refractivity contribution in [2.24, 2.45) is 5.92 Å². The highest BCUT2D eigenvalue weighted by Crippen LogP contribution is 2.29. The van der Waals surface area contributed by atoms with Crippen molar-refractivity contribution in [1.29, 1.82) is 0 Å². The average molecular weight is 381 g/mol. The minimum atomic E-state index is -3.48. The van der Waals surface area contributed by atoms with Gasteiger partial charge in [-0.1, -0.05) is 37.8 Å². The Hall–Kier alpha value is -0.100. The van der Waals surface area contributed by atoms with Crippen molar-refractivity contribution >= 4 is 37.6 Å². The molecular formula is C14H19BrClNO2S. The first-order valence-corrected chi connectivity index (χ1v) is 9.57. The molecule has 0 aromatic heterocycles. The van der Waals surface area contributed by atoms with E-state index in [0.29, 0.717) is 15.4 Å². The maximum atomic E-state index is 12.5. The SMILES string of the molecule is CCC1CCCCC1NS(=O)(=O)c1ccc(Cl)c(Br)c1. The minimum absolute atomic E-state index is 0.0493. The number of rotatable bonds is 4. The molecule has 2 rings (SSSR count). The largest absolute Gasteiger partial charge is 0.240 e. The fraction of sp³-hybridized carbons (Fsp3) is 0.571. The summed E-state index contributed by atoms with van der Waals surface area (Å²) in [6.45, 7) is 2.12. The molecule has 6 heteroatoms. The van der Waals surface area contributed by atoms with Crippen LogP contribution in [0.2, 0.25) is 5.02 Å². The molecule has 0 aliphatic heterocycles. The molecular weight excluding hydrogens is 362 g/mol. The molecule has 112 valence electrons. The number of nitrogens with one attached hydrogen (secondary N) is 1. The fourth-order valence-corrected chi connectivity index (χ4v) is 4.78. The van der Waals surface area contributed by atoms with E-state index in [1.54, 1.807) is 18.2 Å². The molecule has 20 heavy (non-hydrogen) atoms. The van der Waals surface area contributed by atoms with Crippen LogP contribution in [0.1, 0.15) is 39.0 Å². The zero-order valence-corrected chi connectivity index (χ0v) is 14.6. The van der Waals surface area contributed by atoms with Gasteiger partial charge in [-0.25, -0.2) is 13.1 Å². The quantitative estimate of drug-likeness (QED) is 0.844. The van der Waals surface area contributed by atoms with Crippen LogP contribution in [0.3, 0.4) is 0 Å². The Bertz CT molecular complexity index is 577. The summed E-state index contributed by atoms with van der Waals surface area (Å²) in [5, 5.41) is 0.507. The Balaban J connectivity index is 2.19. The summed E-state index contributed by atoms with van der Waals surface area (Å²) in [5.41, 5.74) is 0. The van der Waals surface area contributed by atoms with Gasteiger partial charge in [0.2, 0.25) is 10.0 Å². The lowest BCUT2D eigenvalue weighted by Crippen LogP contribution is -2.41. The monoisotopic (exact) mass is 379 g/mol. The normalized spacial score (nSPS) is 23.8. The van der Waals surface area contributed by atoms with Gasteiger partial charge in [0.1, 0.15) is 0 Å². The smallest absolute Gasteiger partial charge is 0.208 e. The van der Waals surface area contributed by atoms with Crippen molar-refractivity contribution in [3.8, 4) is 0 Å². The molecule has 0 amide bonds. The highest BCUT2D eigenvalue weighted by molar-refractivity contribution is 9.10. The summed E-state index contributed by atoms with van der Waals surface area (Å²) in [5.74, 6) is 0.439. The van der Waals surface area contributed by atoms with Gasteiger partial charge < -0.3 is 0 Å². The molecule has 1 fully saturated rings. The van der Waals surface area contributed by atoms with Crippen molar-refractivity contribution in [3.63, 3.8) is 0 Å². The molecule has 1 aliphatic carbocycles. The van der Waals surface area contributed by atoms with Crippen LogP contribution < -0.4 is 4.72 Å². The number of benzene rings is 1. The second-order valence-corrected chi connectivity index (χ2v) is 8.23. The summed E-state index contributed by atoms with van der Waals surface area (Å²) in [4.78, 5) is 0.259. The topological polar surface area (TPSA) is 46.2 Å². The van der Waals surface area contributed by atoms with E-state index in [4.69, 9.17) is 11.6 Å². The van der Waals surface area contributed by atoms with E-state index in [1.165, 1.54) is 6.42 Å².